The number of hydrogen-bond acceptors (Lipinski definition) is 8. The normalized spacial score (nSPS) is 16.2. The average Bonchev–Trinajstić information content (AvgIpc) is 3.44. The van der Waals surface area contributed by atoms with Gasteiger partial charge in [-0.1, -0.05) is 0 Å². The quantitative estimate of drug-likeness (QED) is 0.652. The lowest BCUT2D eigenvalue weighted by Gasteiger charge is -2.21. The van der Waals surface area contributed by atoms with Crippen LogP contribution in [0.15, 0.2) is 30.5 Å². The molecule has 1 aliphatic carbocycles. The summed E-state index contributed by atoms with van der Waals surface area (Å²) in [6.07, 6.45) is 5.41. The first kappa shape index (κ1) is 18.3. The van der Waals surface area contributed by atoms with Crippen LogP contribution in [0.2, 0.25) is 0 Å². The van der Waals surface area contributed by atoms with Crippen LogP contribution in [0.25, 0.3) is 5.78 Å². The summed E-state index contributed by atoms with van der Waals surface area (Å²) >= 11 is 0. The fourth-order valence-electron chi connectivity index (χ4n) is 3.67. The molecule has 0 bridgehead atoms. The summed E-state index contributed by atoms with van der Waals surface area (Å²) in [5.41, 5.74) is 1.30. The number of carbonyl (C=O) groups excluding carboxylic acids is 2. The molecule has 1 aromatic carbocycles. The number of amides is 1. The molecule has 0 unspecified atom stereocenters. The fraction of sp³-hybridized carbons (Fsp3) is 0.350. The van der Waals surface area contributed by atoms with E-state index in [0.29, 0.717) is 17.2 Å². The Morgan fingerprint density at radius 2 is 2.00 bits per heavy atom. The number of carbonyl (C=O) groups is 2. The second kappa shape index (κ2) is 6.97. The highest BCUT2D eigenvalue weighted by Gasteiger charge is 2.44. The lowest BCUT2D eigenvalue weighted by atomic mass is 10.2. The molecular formula is C20H19N5O5. The SMILES string of the molecule is Cc1ccnc2nc(C(=O)OCC(=O)Nc3ccc4c(c3)OC3(CCCC3)O4)nn12. The zero-order valence-corrected chi connectivity index (χ0v) is 16.3. The molecule has 0 saturated heterocycles. The number of nitrogens with zero attached hydrogens (tertiary/aromatic N) is 4. The fourth-order valence-corrected chi connectivity index (χ4v) is 3.67. The number of nitrogens with one attached hydrogen (secondary N) is 1. The van der Waals surface area contributed by atoms with Crippen molar-refractivity contribution in [2.75, 3.05) is 11.9 Å². The number of aromatic nitrogens is 4. The maximum absolute atomic E-state index is 12.2. The number of ether oxygens (including phenoxy) is 3. The topological polar surface area (TPSA) is 117 Å². The van der Waals surface area contributed by atoms with E-state index in [2.05, 4.69) is 20.4 Å². The van der Waals surface area contributed by atoms with Crippen molar-refractivity contribution in [1.82, 2.24) is 19.6 Å². The summed E-state index contributed by atoms with van der Waals surface area (Å²) in [5.74, 6) is -0.456. The minimum atomic E-state index is -0.802. The molecule has 1 spiro atoms. The summed E-state index contributed by atoms with van der Waals surface area (Å²) in [6.45, 7) is 1.34. The summed E-state index contributed by atoms with van der Waals surface area (Å²) in [7, 11) is 0. The first-order valence-electron chi connectivity index (χ1n) is 9.69. The Labute approximate surface area is 171 Å². The van der Waals surface area contributed by atoms with E-state index in [4.69, 9.17) is 14.2 Å². The molecule has 3 aromatic rings. The molecule has 3 heterocycles. The Bertz CT molecular complexity index is 1150. The van der Waals surface area contributed by atoms with Crippen LogP contribution in [0.4, 0.5) is 5.69 Å². The summed E-state index contributed by atoms with van der Waals surface area (Å²) < 4.78 is 18.4. The molecule has 154 valence electrons. The van der Waals surface area contributed by atoms with Crippen molar-refractivity contribution in [2.24, 2.45) is 0 Å². The molecule has 2 aromatic heterocycles. The van der Waals surface area contributed by atoms with Gasteiger partial charge in [-0.2, -0.15) is 4.98 Å². The van der Waals surface area contributed by atoms with Crippen LogP contribution >= 0.6 is 0 Å². The van der Waals surface area contributed by atoms with Gasteiger partial charge in [0.25, 0.3) is 23.3 Å². The molecule has 5 rings (SSSR count). The molecule has 1 fully saturated rings. The van der Waals surface area contributed by atoms with Crippen LogP contribution in [0, 0.1) is 6.92 Å². The van der Waals surface area contributed by atoms with Crippen LogP contribution in [-0.4, -0.2) is 43.9 Å². The lowest BCUT2D eigenvalue weighted by molar-refractivity contribution is -0.119. The summed E-state index contributed by atoms with van der Waals surface area (Å²) in [5, 5.41) is 6.74. The smallest absolute Gasteiger partial charge is 0.378 e. The third kappa shape index (κ3) is 3.30. The Kier molecular flexibility index (Phi) is 4.27. The van der Waals surface area contributed by atoms with Crippen LogP contribution in [0.1, 0.15) is 42.0 Å². The van der Waals surface area contributed by atoms with Gasteiger partial charge in [0.1, 0.15) is 0 Å². The van der Waals surface area contributed by atoms with E-state index in [1.807, 2.05) is 6.92 Å². The number of esters is 1. The zero-order chi connectivity index (χ0) is 20.7. The Morgan fingerprint density at radius 3 is 2.80 bits per heavy atom. The van der Waals surface area contributed by atoms with E-state index in [0.717, 1.165) is 31.4 Å². The lowest BCUT2D eigenvalue weighted by Crippen LogP contribution is -2.34. The number of rotatable bonds is 4. The van der Waals surface area contributed by atoms with Crippen LogP contribution in [0.5, 0.6) is 11.5 Å². The van der Waals surface area contributed by atoms with Crippen LogP contribution in [-0.2, 0) is 9.53 Å². The van der Waals surface area contributed by atoms with E-state index in [1.165, 1.54) is 4.52 Å². The van der Waals surface area contributed by atoms with E-state index >= 15 is 0 Å². The Hall–Kier alpha value is -3.69. The van der Waals surface area contributed by atoms with E-state index in [-0.39, 0.29) is 11.6 Å². The molecule has 30 heavy (non-hydrogen) atoms. The van der Waals surface area contributed by atoms with Crippen molar-refractivity contribution in [3.63, 3.8) is 0 Å². The van der Waals surface area contributed by atoms with Gasteiger partial charge in [0, 0.05) is 36.5 Å². The highest BCUT2D eigenvalue weighted by molar-refractivity contribution is 5.94. The van der Waals surface area contributed by atoms with Crippen molar-refractivity contribution in [1.29, 1.82) is 0 Å². The minimum absolute atomic E-state index is 0.158. The number of aryl methyl sites for hydroxylation is 1. The molecule has 1 aliphatic heterocycles. The average molecular weight is 409 g/mol. The van der Waals surface area contributed by atoms with Crippen LogP contribution in [0.3, 0.4) is 0 Å². The molecule has 0 atom stereocenters. The molecular weight excluding hydrogens is 390 g/mol. The van der Waals surface area contributed by atoms with Crippen molar-refractivity contribution in [2.45, 2.75) is 38.4 Å². The monoisotopic (exact) mass is 409 g/mol. The van der Waals surface area contributed by atoms with E-state index in [1.54, 1.807) is 30.5 Å². The van der Waals surface area contributed by atoms with Gasteiger partial charge in [0.05, 0.1) is 0 Å². The highest BCUT2D eigenvalue weighted by Crippen LogP contribution is 2.47. The third-order valence-corrected chi connectivity index (χ3v) is 5.13. The standard InChI is InChI=1S/C20H19N5O5/c1-12-6-9-21-19-23-17(24-25(12)19)18(27)28-11-16(26)22-13-4-5-14-15(10-13)30-20(29-14)7-2-3-8-20/h4-6,9-10H,2-3,7-8,11H2,1H3,(H,22,26). The van der Waals surface area contributed by atoms with Gasteiger partial charge in [-0.25, -0.2) is 14.3 Å². The molecule has 2 aliphatic rings. The van der Waals surface area contributed by atoms with Crippen molar-refractivity contribution in [3.8, 4) is 11.5 Å². The first-order chi connectivity index (χ1) is 14.5. The Morgan fingerprint density at radius 1 is 1.20 bits per heavy atom. The predicted octanol–water partition coefficient (Wildman–Crippen LogP) is 2.27. The van der Waals surface area contributed by atoms with Crippen LogP contribution < -0.4 is 14.8 Å². The third-order valence-electron chi connectivity index (χ3n) is 5.13. The minimum Gasteiger partial charge on any atom is -0.450 e. The second-order valence-electron chi connectivity index (χ2n) is 7.34. The van der Waals surface area contributed by atoms with E-state index < -0.39 is 24.3 Å². The molecule has 1 saturated carbocycles. The van der Waals surface area contributed by atoms with E-state index in [9.17, 15) is 9.59 Å². The number of benzene rings is 1. The van der Waals surface area contributed by atoms with Gasteiger partial charge in [-0.05, 0) is 38.0 Å². The molecule has 10 heteroatoms. The van der Waals surface area contributed by atoms with Crippen molar-refractivity contribution < 1.29 is 23.8 Å². The maximum Gasteiger partial charge on any atom is 0.378 e. The van der Waals surface area contributed by atoms with Gasteiger partial charge in [-0.3, -0.25) is 4.79 Å². The van der Waals surface area contributed by atoms with Gasteiger partial charge in [0.15, 0.2) is 18.1 Å². The number of anilines is 1. The largest absolute Gasteiger partial charge is 0.450 e. The van der Waals surface area contributed by atoms with Gasteiger partial charge < -0.3 is 19.5 Å². The maximum atomic E-state index is 12.2. The van der Waals surface area contributed by atoms with Gasteiger partial charge in [0.2, 0.25) is 0 Å². The second-order valence-corrected chi connectivity index (χ2v) is 7.34. The number of hydrogen-bond donors (Lipinski definition) is 1. The Balaban J connectivity index is 1.19. The molecule has 1 N–H and O–H groups in total. The highest BCUT2D eigenvalue weighted by atomic mass is 16.7. The van der Waals surface area contributed by atoms with Gasteiger partial charge in [-0.15, -0.1) is 5.10 Å². The molecule has 1 amide bonds. The molecule has 10 nitrogen and oxygen atoms in total. The van der Waals surface area contributed by atoms with Gasteiger partial charge >= 0.3 is 5.97 Å². The predicted molar refractivity (Wildman–Crippen MR) is 103 cm³/mol. The summed E-state index contributed by atoms with van der Waals surface area (Å²) in [4.78, 5) is 32.4. The number of fused-ring (bicyclic) bond motifs is 2. The van der Waals surface area contributed by atoms with Crippen molar-refractivity contribution in [3.05, 3.63) is 42.0 Å². The molecule has 0 radical (unpaired) electrons. The zero-order valence-electron chi connectivity index (χ0n) is 16.3. The first-order valence-corrected chi connectivity index (χ1v) is 9.69. The van der Waals surface area contributed by atoms with Crippen molar-refractivity contribution >= 4 is 23.3 Å². The summed E-state index contributed by atoms with van der Waals surface area (Å²) in [6, 6.07) is 6.93.